The second-order valence-corrected chi connectivity index (χ2v) is 4.09. The topological polar surface area (TPSA) is 20.3 Å². The zero-order valence-corrected chi connectivity index (χ0v) is 10.0. The molecule has 1 aromatic rings. The van der Waals surface area contributed by atoms with Crippen LogP contribution in [-0.4, -0.2) is 30.8 Å². The molecule has 0 aliphatic carbocycles. The highest BCUT2D eigenvalue weighted by Gasteiger charge is 2.10. The molecule has 14 heavy (non-hydrogen) atoms. The van der Waals surface area contributed by atoms with Gasteiger partial charge < -0.3 is 0 Å². The number of nitrogens with zero attached hydrogens (tertiary/aromatic N) is 1. The lowest BCUT2D eigenvalue weighted by Crippen LogP contribution is -2.25. The molecule has 0 saturated carbocycles. The van der Waals surface area contributed by atoms with E-state index in [-0.39, 0.29) is 5.78 Å². The Labute approximate surface area is 93.0 Å². The number of Topliss-reactive ketones (excluding diaryl/α,β-unsaturated/α-hetero) is 1. The van der Waals surface area contributed by atoms with E-state index in [0.717, 1.165) is 16.6 Å². The minimum atomic E-state index is 0.154. The van der Waals surface area contributed by atoms with Gasteiger partial charge in [-0.1, -0.05) is 41.1 Å². The lowest BCUT2D eigenvalue weighted by atomic mass is 10.1. The summed E-state index contributed by atoms with van der Waals surface area (Å²) in [5, 5.41) is 0. The van der Waals surface area contributed by atoms with E-state index < -0.39 is 0 Å². The van der Waals surface area contributed by atoms with Crippen molar-refractivity contribution in [3.05, 3.63) is 34.3 Å². The Bertz CT molecular complexity index is 325. The highest BCUT2D eigenvalue weighted by molar-refractivity contribution is 9.10. The minimum absolute atomic E-state index is 0.154. The van der Waals surface area contributed by atoms with Crippen molar-refractivity contribution in [3.8, 4) is 0 Å². The van der Waals surface area contributed by atoms with Gasteiger partial charge >= 0.3 is 0 Å². The van der Waals surface area contributed by atoms with Crippen LogP contribution < -0.4 is 0 Å². The standard InChI is InChI=1S/C11H14BrNO/c1-3-13(2)8-11(14)9-6-4-5-7-10(9)12/h4-7H,3,8H2,1-2H3. The first kappa shape index (κ1) is 11.4. The molecule has 0 aliphatic rings. The number of hydrogen-bond acceptors (Lipinski definition) is 2. The summed E-state index contributed by atoms with van der Waals surface area (Å²) in [5.41, 5.74) is 0.757. The van der Waals surface area contributed by atoms with Crippen molar-refractivity contribution < 1.29 is 4.79 Å². The van der Waals surface area contributed by atoms with Crippen LogP contribution in [0.5, 0.6) is 0 Å². The average molecular weight is 256 g/mol. The molecule has 0 fully saturated rings. The maximum Gasteiger partial charge on any atom is 0.177 e. The summed E-state index contributed by atoms with van der Waals surface area (Å²) in [6.07, 6.45) is 0. The molecular weight excluding hydrogens is 242 g/mol. The molecule has 0 aromatic heterocycles. The molecule has 76 valence electrons. The maximum absolute atomic E-state index is 11.8. The summed E-state index contributed by atoms with van der Waals surface area (Å²) in [7, 11) is 1.94. The predicted molar refractivity (Wildman–Crippen MR) is 61.6 cm³/mol. The summed E-state index contributed by atoms with van der Waals surface area (Å²) in [5.74, 6) is 0.154. The van der Waals surface area contributed by atoms with Gasteiger partial charge in [0.05, 0.1) is 6.54 Å². The summed E-state index contributed by atoms with van der Waals surface area (Å²) in [4.78, 5) is 13.8. The first-order valence-corrected chi connectivity index (χ1v) is 5.40. The Hall–Kier alpha value is -0.670. The van der Waals surface area contributed by atoms with Crippen molar-refractivity contribution in [2.75, 3.05) is 20.1 Å². The molecule has 0 spiro atoms. The van der Waals surface area contributed by atoms with Crippen molar-refractivity contribution in [3.63, 3.8) is 0 Å². The Morgan fingerprint density at radius 3 is 2.64 bits per heavy atom. The molecule has 0 amide bonds. The SMILES string of the molecule is CCN(C)CC(=O)c1ccccc1Br. The molecule has 0 heterocycles. The number of benzene rings is 1. The monoisotopic (exact) mass is 255 g/mol. The molecule has 0 bridgehead atoms. The van der Waals surface area contributed by atoms with Gasteiger partial charge in [-0.3, -0.25) is 9.69 Å². The fourth-order valence-corrected chi connectivity index (χ4v) is 1.64. The van der Waals surface area contributed by atoms with E-state index in [9.17, 15) is 4.79 Å². The molecule has 0 radical (unpaired) electrons. The zero-order valence-electron chi connectivity index (χ0n) is 8.46. The lowest BCUT2D eigenvalue weighted by molar-refractivity contribution is 0.0948. The molecule has 0 saturated heterocycles. The fraction of sp³-hybridized carbons (Fsp3) is 0.364. The van der Waals surface area contributed by atoms with Gasteiger partial charge in [0.2, 0.25) is 0 Å². The number of carbonyl (C=O) groups excluding carboxylic acids is 1. The van der Waals surface area contributed by atoms with E-state index in [2.05, 4.69) is 15.9 Å². The normalized spacial score (nSPS) is 10.6. The second kappa shape index (κ2) is 5.27. The van der Waals surface area contributed by atoms with Crippen LogP contribution in [0.4, 0.5) is 0 Å². The van der Waals surface area contributed by atoms with Gasteiger partial charge in [0.15, 0.2) is 5.78 Å². The van der Waals surface area contributed by atoms with Crippen LogP contribution in [0.2, 0.25) is 0 Å². The third-order valence-corrected chi connectivity index (χ3v) is 2.82. The quantitative estimate of drug-likeness (QED) is 0.772. The van der Waals surface area contributed by atoms with Gasteiger partial charge in [-0.05, 0) is 19.7 Å². The van der Waals surface area contributed by atoms with Crippen LogP contribution in [0.1, 0.15) is 17.3 Å². The van der Waals surface area contributed by atoms with Crippen LogP contribution in [0.15, 0.2) is 28.7 Å². The van der Waals surface area contributed by atoms with Crippen molar-refractivity contribution in [2.24, 2.45) is 0 Å². The average Bonchev–Trinajstić information content (AvgIpc) is 2.18. The molecule has 0 aliphatic heterocycles. The van der Waals surface area contributed by atoms with Crippen LogP contribution in [0.25, 0.3) is 0 Å². The molecule has 2 nitrogen and oxygen atoms in total. The number of hydrogen-bond donors (Lipinski definition) is 0. The molecule has 1 aromatic carbocycles. The smallest absolute Gasteiger partial charge is 0.177 e. The predicted octanol–water partition coefficient (Wildman–Crippen LogP) is 2.58. The van der Waals surface area contributed by atoms with Gasteiger partial charge in [0.1, 0.15) is 0 Å². The van der Waals surface area contributed by atoms with Gasteiger partial charge in [-0.15, -0.1) is 0 Å². The van der Waals surface area contributed by atoms with Crippen molar-refractivity contribution in [1.29, 1.82) is 0 Å². The Balaban J connectivity index is 2.75. The molecule has 1 rings (SSSR count). The van der Waals surface area contributed by atoms with Gasteiger partial charge in [0, 0.05) is 10.0 Å². The number of carbonyl (C=O) groups is 1. The summed E-state index contributed by atoms with van der Waals surface area (Å²) in [6.45, 7) is 3.39. The van der Waals surface area contributed by atoms with E-state index in [1.807, 2.05) is 43.1 Å². The number of ketones is 1. The molecule has 0 N–H and O–H groups in total. The maximum atomic E-state index is 11.8. The van der Waals surface area contributed by atoms with Crippen molar-refractivity contribution >= 4 is 21.7 Å². The van der Waals surface area contributed by atoms with Crippen LogP contribution in [0, 0.1) is 0 Å². The van der Waals surface area contributed by atoms with Gasteiger partial charge in [0.25, 0.3) is 0 Å². The van der Waals surface area contributed by atoms with Gasteiger partial charge in [-0.25, -0.2) is 0 Å². The van der Waals surface area contributed by atoms with Crippen LogP contribution in [-0.2, 0) is 0 Å². The second-order valence-electron chi connectivity index (χ2n) is 3.23. The van der Waals surface area contributed by atoms with E-state index in [0.29, 0.717) is 6.54 Å². The van der Waals surface area contributed by atoms with Crippen LogP contribution in [0.3, 0.4) is 0 Å². The Kier molecular flexibility index (Phi) is 4.29. The summed E-state index contributed by atoms with van der Waals surface area (Å²) in [6, 6.07) is 7.52. The summed E-state index contributed by atoms with van der Waals surface area (Å²) >= 11 is 3.37. The van der Waals surface area contributed by atoms with E-state index >= 15 is 0 Å². The zero-order chi connectivity index (χ0) is 10.6. The Morgan fingerprint density at radius 1 is 1.43 bits per heavy atom. The Morgan fingerprint density at radius 2 is 2.07 bits per heavy atom. The first-order valence-electron chi connectivity index (χ1n) is 4.61. The first-order chi connectivity index (χ1) is 6.65. The molecule has 0 unspecified atom stereocenters. The third-order valence-electron chi connectivity index (χ3n) is 2.13. The minimum Gasteiger partial charge on any atom is -0.299 e. The largest absolute Gasteiger partial charge is 0.299 e. The highest BCUT2D eigenvalue weighted by Crippen LogP contribution is 2.16. The van der Waals surface area contributed by atoms with Crippen molar-refractivity contribution in [2.45, 2.75) is 6.92 Å². The third kappa shape index (κ3) is 2.93. The number of halogens is 1. The lowest BCUT2D eigenvalue weighted by Gasteiger charge is -2.12. The number of rotatable bonds is 4. The fourth-order valence-electron chi connectivity index (χ4n) is 1.13. The van der Waals surface area contributed by atoms with Gasteiger partial charge in [-0.2, -0.15) is 0 Å². The highest BCUT2D eigenvalue weighted by atomic mass is 79.9. The van der Waals surface area contributed by atoms with E-state index in [1.165, 1.54) is 0 Å². The molecule has 0 atom stereocenters. The summed E-state index contributed by atoms with van der Waals surface area (Å²) < 4.78 is 0.870. The molecular formula is C11H14BrNO. The van der Waals surface area contributed by atoms with E-state index in [1.54, 1.807) is 0 Å². The number of likely N-dealkylation sites (N-methyl/N-ethyl adjacent to an activating group) is 1. The van der Waals surface area contributed by atoms with Crippen LogP contribution >= 0.6 is 15.9 Å². The molecule has 3 heteroatoms. The van der Waals surface area contributed by atoms with E-state index in [4.69, 9.17) is 0 Å². The van der Waals surface area contributed by atoms with Crippen molar-refractivity contribution in [1.82, 2.24) is 4.90 Å².